The van der Waals surface area contributed by atoms with Crippen molar-refractivity contribution in [2.24, 2.45) is 17.8 Å². The smallest absolute Gasteiger partial charge is 0.153 e. The second-order valence-corrected chi connectivity index (χ2v) is 6.51. The van der Waals surface area contributed by atoms with E-state index < -0.39 is 0 Å². The zero-order chi connectivity index (χ0) is 13.4. The molecule has 1 aromatic carbocycles. The molecule has 19 heavy (non-hydrogen) atoms. The van der Waals surface area contributed by atoms with Gasteiger partial charge in [0, 0.05) is 5.02 Å². The molecule has 1 aromatic rings. The first kappa shape index (κ1) is 13.3. The molecule has 3 unspecified atom stereocenters. The minimum Gasteiger partial charge on any atom is -0.491 e. The fraction of sp³-hybridized carbons (Fsp3) is 0.533. The highest BCUT2D eigenvalue weighted by atomic mass is 35.5. The van der Waals surface area contributed by atoms with Gasteiger partial charge in [-0.05, 0) is 49.1 Å². The highest BCUT2D eigenvalue weighted by Crippen LogP contribution is 2.48. The van der Waals surface area contributed by atoms with Crippen molar-refractivity contribution in [2.45, 2.75) is 25.7 Å². The Morgan fingerprint density at radius 1 is 1.26 bits per heavy atom. The van der Waals surface area contributed by atoms with Gasteiger partial charge in [0.25, 0.3) is 0 Å². The van der Waals surface area contributed by atoms with Gasteiger partial charge in [-0.1, -0.05) is 29.6 Å². The van der Waals surface area contributed by atoms with Crippen molar-refractivity contribution in [1.29, 1.82) is 0 Å². The molecule has 3 rings (SSSR count). The van der Waals surface area contributed by atoms with Gasteiger partial charge in [-0.15, -0.1) is 0 Å². The SMILES string of the molecule is O=Cc1cc(Cl)cc(Cl)c1OCC1CC2CCC1C2. The lowest BCUT2D eigenvalue weighted by molar-refractivity contribution is 0.111. The molecule has 102 valence electrons. The maximum absolute atomic E-state index is 11.1. The summed E-state index contributed by atoms with van der Waals surface area (Å²) in [5.74, 6) is 2.79. The van der Waals surface area contributed by atoms with Gasteiger partial charge in [-0.25, -0.2) is 0 Å². The fourth-order valence-corrected chi connectivity index (χ4v) is 4.15. The topological polar surface area (TPSA) is 26.3 Å². The average Bonchev–Trinajstić information content (AvgIpc) is 2.99. The lowest BCUT2D eigenvalue weighted by atomic mass is 9.89. The van der Waals surface area contributed by atoms with E-state index in [4.69, 9.17) is 27.9 Å². The van der Waals surface area contributed by atoms with Crippen molar-refractivity contribution in [3.8, 4) is 5.75 Å². The second-order valence-electron chi connectivity index (χ2n) is 5.67. The molecule has 0 amide bonds. The largest absolute Gasteiger partial charge is 0.491 e. The van der Waals surface area contributed by atoms with Crippen molar-refractivity contribution in [3.63, 3.8) is 0 Å². The predicted molar refractivity (Wildman–Crippen MR) is 76.3 cm³/mol. The molecular weight excluding hydrogens is 283 g/mol. The summed E-state index contributed by atoms with van der Waals surface area (Å²) in [6.45, 7) is 0.656. The lowest BCUT2D eigenvalue weighted by Gasteiger charge is -2.22. The summed E-state index contributed by atoms with van der Waals surface area (Å²) in [6, 6.07) is 3.21. The summed E-state index contributed by atoms with van der Waals surface area (Å²) in [7, 11) is 0. The van der Waals surface area contributed by atoms with Crippen molar-refractivity contribution >= 4 is 29.5 Å². The van der Waals surface area contributed by atoms with Crippen LogP contribution < -0.4 is 4.74 Å². The molecule has 2 saturated carbocycles. The Balaban J connectivity index is 1.71. The van der Waals surface area contributed by atoms with E-state index in [1.807, 2.05) is 0 Å². The van der Waals surface area contributed by atoms with E-state index >= 15 is 0 Å². The molecule has 2 aliphatic carbocycles. The van der Waals surface area contributed by atoms with Crippen LogP contribution in [-0.2, 0) is 0 Å². The molecule has 2 aliphatic rings. The summed E-state index contributed by atoms with van der Waals surface area (Å²) < 4.78 is 5.83. The van der Waals surface area contributed by atoms with Gasteiger partial charge in [0.2, 0.25) is 0 Å². The molecule has 3 atom stereocenters. The standard InChI is InChI=1S/C15H16Cl2O2/c16-13-5-11(7-18)15(14(17)6-13)19-8-12-4-9-1-2-10(12)3-9/h5-7,9-10,12H,1-4,8H2. The van der Waals surface area contributed by atoms with Crippen LogP contribution in [0.5, 0.6) is 5.75 Å². The summed E-state index contributed by atoms with van der Waals surface area (Å²) >= 11 is 12.0. The lowest BCUT2D eigenvalue weighted by Crippen LogP contribution is -2.19. The van der Waals surface area contributed by atoms with Crippen molar-refractivity contribution in [2.75, 3.05) is 6.61 Å². The zero-order valence-electron chi connectivity index (χ0n) is 10.6. The van der Waals surface area contributed by atoms with Crippen LogP contribution in [0.25, 0.3) is 0 Å². The second kappa shape index (κ2) is 5.34. The van der Waals surface area contributed by atoms with Gasteiger partial charge in [-0.3, -0.25) is 4.79 Å². The molecule has 2 bridgehead atoms. The first-order valence-corrected chi connectivity index (χ1v) is 7.50. The number of hydrogen-bond donors (Lipinski definition) is 0. The maximum atomic E-state index is 11.1. The van der Waals surface area contributed by atoms with Crippen LogP contribution in [0, 0.1) is 17.8 Å². The maximum Gasteiger partial charge on any atom is 0.153 e. The van der Waals surface area contributed by atoms with Gasteiger partial charge < -0.3 is 4.74 Å². The third-order valence-electron chi connectivity index (χ3n) is 4.49. The van der Waals surface area contributed by atoms with Gasteiger partial charge in [-0.2, -0.15) is 0 Å². The van der Waals surface area contributed by atoms with E-state index in [9.17, 15) is 4.79 Å². The van der Waals surface area contributed by atoms with Crippen LogP contribution in [0.15, 0.2) is 12.1 Å². The summed E-state index contributed by atoms with van der Waals surface area (Å²) in [5, 5.41) is 0.872. The molecule has 2 fully saturated rings. The number of hydrogen-bond acceptors (Lipinski definition) is 2. The van der Waals surface area contributed by atoms with E-state index in [2.05, 4.69) is 0 Å². The zero-order valence-corrected chi connectivity index (χ0v) is 12.1. The molecule has 0 aromatic heterocycles. The summed E-state index contributed by atoms with van der Waals surface area (Å²) in [5.41, 5.74) is 0.431. The molecule has 0 spiro atoms. The fourth-order valence-electron chi connectivity index (χ4n) is 3.59. The highest BCUT2D eigenvalue weighted by molar-refractivity contribution is 6.36. The Morgan fingerprint density at radius 2 is 2.11 bits per heavy atom. The molecule has 0 radical (unpaired) electrons. The number of fused-ring (bicyclic) bond motifs is 2. The third kappa shape index (κ3) is 2.61. The van der Waals surface area contributed by atoms with Crippen molar-refractivity contribution in [3.05, 3.63) is 27.7 Å². The van der Waals surface area contributed by atoms with Gasteiger partial charge in [0.05, 0.1) is 17.2 Å². The number of carbonyl (C=O) groups is 1. The Morgan fingerprint density at radius 3 is 2.74 bits per heavy atom. The number of carbonyl (C=O) groups excluding carboxylic acids is 1. The van der Waals surface area contributed by atoms with E-state index in [-0.39, 0.29) is 0 Å². The summed E-state index contributed by atoms with van der Waals surface area (Å²) in [6.07, 6.45) is 6.05. The van der Waals surface area contributed by atoms with Gasteiger partial charge in [0.15, 0.2) is 6.29 Å². The van der Waals surface area contributed by atoms with E-state index in [1.54, 1.807) is 12.1 Å². The Bertz CT molecular complexity index is 501. The Kier molecular flexibility index (Phi) is 3.72. The first-order valence-electron chi connectivity index (χ1n) is 6.74. The Labute approximate surface area is 123 Å². The Hall–Kier alpha value is -0.730. The minimum atomic E-state index is 0.415. The predicted octanol–water partition coefficient (Wildman–Crippen LogP) is 4.62. The molecular formula is C15H16Cl2O2. The van der Waals surface area contributed by atoms with Crippen LogP contribution in [0.3, 0.4) is 0 Å². The third-order valence-corrected chi connectivity index (χ3v) is 4.99. The highest BCUT2D eigenvalue weighted by Gasteiger charge is 2.39. The van der Waals surface area contributed by atoms with E-state index in [1.165, 1.54) is 25.7 Å². The van der Waals surface area contributed by atoms with Crippen LogP contribution in [-0.4, -0.2) is 12.9 Å². The quantitative estimate of drug-likeness (QED) is 0.758. The normalized spacial score (nSPS) is 28.6. The van der Waals surface area contributed by atoms with Crippen molar-refractivity contribution < 1.29 is 9.53 Å². The first-order chi connectivity index (χ1) is 9.17. The van der Waals surface area contributed by atoms with Crippen LogP contribution in [0.2, 0.25) is 10.0 Å². The molecule has 0 aliphatic heterocycles. The van der Waals surface area contributed by atoms with Gasteiger partial charge >= 0.3 is 0 Å². The van der Waals surface area contributed by atoms with Crippen molar-refractivity contribution in [1.82, 2.24) is 0 Å². The van der Waals surface area contributed by atoms with Crippen LogP contribution >= 0.6 is 23.2 Å². The molecule has 0 saturated heterocycles. The monoisotopic (exact) mass is 298 g/mol. The number of aldehydes is 1. The number of halogens is 2. The molecule has 0 heterocycles. The van der Waals surface area contributed by atoms with Gasteiger partial charge in [0.1, 0.15) is 5.75 Å². The molecule has 0 N–H and O–H groups in total. The minimum absolute atomic E-state index is 0.415. The summed E-state index contributed by atoms with van der Waals surface area (Å²) in [4.78, 5) is 11.1. The number of rotatable bonds is 4. The number of ether oxygens (including phenoxy) is 1. The van der Waals surface area contributed by atoms with E-state index in [0.29, 0.717) is 33.9 Å². The van der Waals surface area contributed by atoms with Crippen LogP contribution in [0.1, 0.15) is 36.0 Å². The average molecular weight is 299 g/mol. The molecule has 4 heteroatoms. The molecule has 2 nitrogen and oxygen atoms in total. The van der Waals surface area contributed by atoms with E-state index in [0.717, 1.165) is 18.1 Å². The van der Waals surface area contributed by atoms with Crippen LogP contribution in [0.4, 0.5) is 0 Å². The number of benzene rings is 1.